The molecule has 0 fully saturated rings. The molecule has 0 N–H and O–H groups in total. The van der Waals surface area contributed by atoms with Gasteiger partial charge in [0.15, 0.2) is 0 Å². The Kier molecular flexibility index (Phi) is 3.75. The first-order valence-corrected chi connectivity index (χ1v) is 8.34. The Morgan fingerprint density at radius 2 is 2.08 bits per heavy atom. The third-order valence-electron chi connectivity index (χ3n) is 3.87. The molecule has 1 aliphatic carbocycles. The first kappa shape index (κ1) is 14.8. The molecular formula is C20H14O3S. The summed E-state index contributed by atoms with van der Waals surface area (Å²) in [6, 6.07) is 8.04. The van der Waals surface area contributed by atoms with E-state index in [0.717, 1.165) is 37.0 Å². The van der Waals surface area contributed by atoms with Crippen molar-refractivity contribution in [3.8, 4) is 0 Å². The minimum atomic E-state index is -0.361. The highest BCUT2D eigenvalue weighted by atomic mass is 32.2. The Balaban J connectivity index is 1.91. The highest BCUT2D eigenvalue weighted by Crippen LogP contribution is 2.37. The summed E-state index contributed by atoms with van der Waals surface area (Å²) >= 11 is 1.63. The summed E-state index contributed by atoms with van der Waals surface area (Å²) in [6.45, 7) is 0. The van der Waals surface area contributed by atoms with Crippen molar-refractivity contribution in [2.75, 3.05) is 7.11 Å². The molecule has 118 valence electrons. The normalized spacial score (nSPS) is 16.1. The number of allylic oxidation sites excluding steroid dienone is 5. The molecular weight excluding hydrogens is 320 g/mol. The maximum atomic E-state index is 11.3. The number of thioether (sulfide) groups is 1. The molecule has 0 amide bonds. The van der Waals surface area contributed by atoms with E-state index >= 15 is 0 Å². The lowest BCUT2D eigenvalue weighted by Crippen LogP contribution is -2.22. The van der Waals surface area contributed by atoms with Crippen molar-refractivity contribution < 1.29 is 13.9 Å². The SMILES string of the molecule is COC(=O)C=CC1=CC=C2C=CC=c3oc4ccccc4c3=C2S1. The van der Waals surface area contributed by atoms with Gasteiger partial charge in [-0.25, -0.2) is 4.79 Å². The van der Waals surface area contributed by atoms with Gasteiger partial charge in [-0.15, -0.1) is 0 Å². The number of rotatable bonds is 2. The predicted molar refractivity (Wildman–Crippen MR) is 97.4 cm³/mol. The average molecular weight is 334 g/mol. The first-order valence-electron chi connectivity index (χ1n) is 7.53. The maximum absolute atomic E-state index is 11.3. The summed E-state index contributed by atoms with van der Waals surface area (Å²) in [7, 11) is 1.37. The number of ether oxygens (including phenoxy) is 1. The molecule has 0 radical (unpaired) electrons. The van der Waals surface area contributed by atoms with Crippen molar-refractivity contribution in [2.45, 2.75) is 0 Å². The van der Waals surface area contributed by atoms with E-state index in [4.69, 9.17) is 4.42 Å². The number of hydrogen-bond donors (Lipinski definition) is 0. The van der Waals surface area contributed by atoms with Crippen LogP contribution in [0.25, 0.3) is 22.0 Å². The third-order valence-corrected chi connectivity index (χ3v) is 5.02. The summed E-state index contributed by atoms with van der Waals surface area (Å²) in [5, 5.41) is 2.20. The zero-order valence-electron chi connectivity index (χ0n) is 13.0. The van der Waals surface area contributed by atoms with Gasteiger partial charge in [0, 0.05) is 26.5 Å². The molecule has 1 aromatic heterocycles. The molecule has 1 aromatic carbocycles. The van der Waals surface area contributed by atoms with E-state index in [1.165, 1.54) is 13.2 Å². The van der Waals surface area contributed by atoms with E-state index in [1.54, 1.807) is 17.8 Å². The molecule has 4 heteroatoms. The van der Waals surface area contributed by atoms with Crippen molar-refractivity contribution in [3.63, 3.8) is 0 Å². The summed E-state index contributed by atoms with van der Waals surface area (Å²) in [6.07, 6.45) is 13.3. The number of esters is 1. The number of carbonyl (C=O) groups is 1. The van der Waals surface area contributed by atoms with Crippen LogP contribution < -0.4 is 10.6 Å². The summed E-state index contributed by atoms with van der Waals surface area (Å²) in [5.74, 6) is -0.361. The molecule has 2 aromatic rings. The van der Waals surface area contributed by atoms with Gasteiger partial charge in [0.2, 0.25) is 0 Å². The largest absolute Gasteiger partial charge is 0.466 e. The second kappa shape index (κ2) is 6.06. The Morgan fingerprint density at radius 1 is 1.21 bits per heavy atom. The van der Waals surface area contributed by atoms with Crippen molar-refractivity contribution in [3.05, 3.63) is 81.8 Å². The molecule has 1 aliphatic heterocycles. The second-order valence-corrected chi connectivity index (χ2v) is 6.43. The van der Waals surface area contributed by atoms with Crippen molar-refractivity contribution in [1.82, 2.24) is 0 Å². The maximum Gasteiger partial charge on any atom is 0.330 e. The van der Waals surface area contributed by atoms with Crippen molar-refractivity contribution in [1.29, 1.82) is 0 Å². The zero-order chi connectivity index (χ0) is 16.5. The lowest BCUT2D eigenvalue weighted by atomic mass is 10.1. The van der Waals surface area contributed by atoms with E-state index in [-0.39, 0.29) is 5.97 Å². The van der Waals surface area contributed by atoms with Gasteiger partial charge < -0.3 is 9.15 Å². The molecule has 0 spiro atoms. The van der Waals surface area contributed by atoms with Gasteiger partial charge in [0.25, 0.3) is 0 Å². The summed E-state index contributed by atoms with van der Waals surface area (Å²) < 4.78 is 10.6. The monoisotopic (exact) mass is 334 g/mol. The number of benzene rings is 1. The van der Waals surface area contributed by atoms with Gasteiger partial charge in [-0.05, 0) is 29.9 Å². The summed E-state index contributed by atoms with van der Waals surface area (Å²) in [5.41, 5.74) is 2.87. The molecule has 2 heterocycles. The molecule has 0 bridgehead atoms. The topological polar surface area (TPSA) is 39.4 Å². The van der Waals surface area contributed by atoms with Crippen LogP contribution in [0.4, 0.5) is 0 Å². The molecule has 3 nitrogen and oxygen atoms in total. The van der Waals surface area contributed by atoms with Gasteiger partial charge in [-0.2, -0.15) is 0 Å². The lowest BCUT2D eigenvalue weighted by Gasteiger charge is -2.12. The quantitative estimate of drug-likeness (QED) is 0.625. The Labute approximate surface area is 143 Å². The molecule has 0 saturated heterocycles. The van der Waals surface area contributed by atoms with Crippen LogP contribution >= 0.6 is 11.8 Å². The van der Waals surface area contributed by atoms with Gasteiger partial charge in [0.1, 0.15) is 11.0 Å². The summed E-state index contributed by atoms with van der Waals surface area (Å²) in [4.78, 5) is 13.4. The minimum Gasteiger partial charge on any atom is -0.466 e. The standard InChI is InChI=1S/C20H14O3S/c1-22-18(21)12-11-14-10-9-13-5-4-8-17-19(20(13)24-14)15-6-2-3-7-16(15)23-17/h2-12H,1H3. The molecule has 24 heavy (non-hydrogen) atoms. The predicted octanol–water partition coefficient (Wildman–Crippen LogP) is 3.18. The Hall–Kier alpha value is -2.72. The number of methoxy groups -OCH3 is 1. The number of hydrogen-bond acceptors (Lipinski definition) is 4. The number of para-hydroxylation sites is 1. The number of furan rings is 1. The van der Waals surface area contributed by atoms with Gasteiger partial charge in [-0.3, -0.25) is 0 Å². The van der Waals surface area contributed by atoms with Gasteiger partial charge in [-0.1, -0.05) is 48.2 Å². The molecule has 4 rings (SSSR count). The number of fused-ring (bicyclic) bond motifs is 4. The van der Waals surface area contributed by atoms with Crippen molar-refractivity contribution in [2.24, 2.45) is 0 Å². The fourth-order valence-electron chi connectivity index (χ4n) is 2.75. The van der Waals surface area contributed by atoms with Crippen molar-refractivity contribution >= 4 is 39.7 Å². The van der Waals surface area contributed by atoms with Crippen LogP contribution in [0.1, 0.15) is 0 Å². The van der Waals surface area contributed by atoms with Gasteiger partial charge in [0.05, 0.1) is 7.11 Å². The minimum absolute atomic E-state index is 0.361. The molecule has 0 atom stereocenters. The highest BCUT2D eigenvalue weighted by molar-refractivity contribution is 8.12. The molecule has 0 unspecified atom stereocenters. The van der Waals surface area contributed by atoms with Crippen LogP contribution in [0.2, 0.25) is 0 Å². The fourth-order valence-corrected chi connectivity index (χ4v) is 3.82. The second-order valence-electron chi connectivity index (χ2n) is 5.34. The van der Waals surface area contributed by atoms with E-state index in [0.29, 0.717) is 0 Å². The van der Waals surface area contributed by atoms with Gasteiger partial charge >= 0.3 is 5.97 Å². The number of carbonyl (C=O) groups excluding carboxylic acids is 1. The first-order chi connectivity index (χ1) is 11.8. The lowest BCUT2D eigenvalue weighted by molar-refractivity contribution is -0.134. The van der Waals surface area contributed by atoms with E-state index in [2.05, 4.69) is 23.0 Å². The smallest absolute Gasteiger partial charge is 0.330 e. The molecule has 2 aliphatic rings. The Bertz CT molecular complexity index is 1080. The molecule has 0 saturated carbocycles. The highest BCUT2D eigenvalue weighted by Gasteiger charge is 2.16. The van der Waals surface area contributed by atoms with Crippen LogP contribution in [-0.2, 0) is 9.53 Å². The van der Waals surface area contributed by atoms with Crippen LogP contribution in [0.5, 0.6) is 0 Å². The Morgan fingerprint density at radius 3 is 2.96 bits per heavy atom. The third kappa shape index (κ3) is 2.55. The van der Waals surface area contributed by atoms with Crippen LogP contribution in [0, 0.1) is 0 Å². The van der Waals surface area contributed by atoms with Crippen LogP contribution in [0.3, 0.4) is 0 Å². The fraction of sp³-hybridized carbons (Fsp3) is 0.0500. The zero-order valence-corrected chi connectivity index (χ0v) is 13.8. The average Bonchev–Trinajstić information content (AvgIpc) is 2.88. The van der Waals surface area contributed by atoms with E-state index in [9.17, 15) is 4.79 Å². The van der Waals surface area contributed by atoms with E-state index < -0.39 is 0 Å². The van der Waals surface area contributed by atoms with Crippen LogP contribution in [-0.4, -0.2) is 13.1 Å². The van der Waals surface area contributed by atoms with E-state index in [1.807, 2.05) is 36.4 Å². The van der Waals surface area contributed by atoms with Crippen LogP contribution in [0.15, 0.2) is 75.6 Å².